The second kappa shape index (κ2) is 9.20. The van der Waals surface area contributed by atoms with E-state index in [0.717, 1.165) is 42.4 Å². The lowest BCUT2D eigenvalue weighted by Gasteiger charge is -2.15. The van der Waals surface area contributed by atoms with Gasteiger partial charge in [0.2, 0.25) is 21.9 Å². The average Bonchev–Trinajstić information content (AvgIpc) is 3.42. The summed E-state index contributed by atoms with van der Waals surface area (Å²) in [5, 5.41) is 2.94. The number of aromatic nitrogens is 2. The van der Waals surface area contributed by atoms with Gasteiger partial charge in [0.05, 0.1) is 15.9 Å². The minimum atomic E-state index is -3.41. The van der Waals surface area contributed by atoms with Gasteiger partial charge in [0.1, 0.15) is 0 Å². The number of carbonyl (C=O) groups is 1. The van der Waals surface area contributed by atoms with Crippen LogP contribution in [0.2, 0.25) is 0 Å². The highest BCUT2D eigenvalue weighted by atomic mass is 32.2. The standard InChI is InChI=1S/C23H28N4O3S/c1-2-15-27-21-8-4-3-7-20(21)24-23(27)25-22(28)14-11-18-9-12-19(13-10-18)31(29,30)26-16-5-6-17-26/h3-4,7-10,12-13H,2,5-6,11,14-17H2,1H3,(H,24,25,28). The third-order valence-electron chi connectivity index (χ3n) is 5.62. The fraction of sp³-hybridized carbons (Fsp3) is 0.391. The molecule has 8 heteroatoms. The van der Waals surface area contributed by atoms with Crippen LogP contribution in [-0.2, 0) is 27.8 Å². The van der Waals surface area contributed by atoms with Crippen LogP contribution in [0.4, 0.5) is 5.95 Å². The summed E-state index contributed by atoms with van der Waals surface area (Å²) in [4.78, 5) is 17.4. The third kappa shape index (κ3) is 4.65. The molecule has 3 aromatic rings. The number of amides is 1. The van der Waals surface area contributed by atoms with Crippen molar-refractivity contribution < 1.29 is 13.2 Å². The molecule has 1 amide bonds. The maximum atomic E-state index is 12.6. The summed E-state index contributed by atoms with van der Waals surface area (Å²) in [6, 6.07) is 14.7. The zero-order chi connectivity index (χ0) is 21.8. The van der Waals surface area contributed by atoms with Gasteiger partial charge in [0.25, 0.3) is 0 Å². The van der Waals surface area contributed by atoms with Gasteiger partial charge in [-0.2, -0.15) is 4.31 Å². The number of nitrogens with zero attached hydrogens (tertiary/aromatic N) is 3. The Kier molecular flexibility index (Phi) is 6.38. The van der Waals surface area contributed by atoms with E-state index >= 15 is 0 Å². The van der Waals surface area contributed by atoms with Gasteiger partial charge in [0, 0.05) is 26.1 Å². The minimum Gasteiger partial charge on any atom is -0.310 e. The first-order valence-corrected chi connectivity index (χ1v) is 12.3. The van der Waals surface area contributed by atoms with Gasteiger partial charge in [-0.25, -0.2) is 13.4 Å². The SMILES string of the molecule is CCCn1c(NC(=O)CCc2ccc(S(=O)(=O)N3CCCC3)cc2)nc2ccccc21. The zero-order valence-corrected chi connectivity index (χ0v) is 18.6. The number of aryl methyl sites for hydroxylation is 2. The van der Waals surface area contributed by atoms with Crippen molar-refractivity contribution in [1.82, 2.24) is 13.9 Å². The number of anilines is 1. The number of rotatable bonds is 8. The largest absolute Gasteiger partial charge is 0.310 e. The normalized spacial score (nSPS) is 14.9. The van der Waals surface area contributed by atoms with Gasteiger partial charge in [-0.3, -0.25) is 10.1 Å². The molecule has 7 nitrogen and oxygen atoms in total. The molecule has 2 aromatic carbocycles. The number of nitrogens with one attached hydrogen (secondary N) is 1. The Morgan fingerprint density at radius 3 is 2.48 bits per heavy atom. The molecule has 1 aromatic heterocycles. The maximum absolute atomic E-state index is 12.6. The molecule has 0 unspecified atom stereocenters. The van der Waals surface area contributed by atoms with E-state index in [0.29, 0.717) is 36.8 Å². The van der Waals surface area contributed by atoms with E-state index in [1.807, 2.05) is 28.8 Å². The number of benzene rings is 2. The van der Waals surface area contributed by atoms with E-state index in [2.05, 4.69) is 17.2 Å². The van der Waals surface area contributed by atoms with Crippen molar-refractivity contribution >= 4 is 32.9 Å². The lowest BCUT2D eigenvalue weighted by Crippen LogP contribution is -2.27. The molecule has 0 atom stereocenters. The van der Waals surface area contributed by atoms with Crippen LogP contribution in [-0.4, -0.2) is 41.3 Å². The van der Waals surface area contributed by atoms with E-state index in [9.17, 15) is 13.2 Å². The summed E-state index contributed by atoms with van der Waals surface area (Å²) in [6.45, 7) is 4.05. The Hall–Kier alpha value is -2.71. The first kappa shape index (κ1) is 21.5. The number of carbonyl (C=O) groups excluding carboxylic acids is 1. The van der Waals surface area contributed by atoms with Crippen molar-refractivity contribution in [1.29, 1.82) is 0 Å². The van der Waals surface area contributed by atoms with Crippen LogP contribution in [0.25, 0.3) is 11.0 Å². The average molecular weight is 441 g/mol. The minimum absolute atomic E-state index is 0.110. The molecule has 0 bridgehead atoms. The number of hydrogen-bond donors (Lipinski definition) is 1. The number of fused-ring (bicyclic) bond motifs is 1. The van der Waals surface area contributed by atoms with E-state index < -0.39 is 10.0 Å². The summed E-state index contributed by atoms with van der Waals surface area (Å²) in [6.07, 6.45) is 3.60. The Morgan fingerprint density at radius 1 is 1.06 bits per heavy atom. The van der Waals surface area contributed by atoms with Crippen molar-refractivity contribution in [2.75, 3.05) is 18.4 Å². The van der Waals surface area contributed by atoms with Gasteiger partial charge < -0.3 is 4.57 Å². The molecule has 164 valence electrons. The van der Waals surface area contributed by atoms with E-state index in [1.165, 1.54) is 4.31 Å². The number of sulfonamides is 1. The Labute approximate surface area is 183 Å². The molecule has 0 saturated carbocycles. The number of para-hydroxylation sites is 2. The Bertz CT molecular complexity index is 1160. The third-order valence-corrected chi connectivity index (χ3v) is 7.53. The Morgan fingerprint density at radius 2 is 1.77 bits per heavy atom. The summed E-state index contributed by atoms with van der Waals surface area (Å²) in [5.74, 6) is 0.460. The molecule has 1 fully saturated rings. The lowest BCUT2D eigenvalue weighted by molar-refractivity contribution is -0.116. The van der Waals surface area contributed by atoms with Crippen molar-refractivity contribution in [3.8, 4) is 0 Å². The molecule has 1 N–H and O–H groups in total. The van der Waals surface area contributed by atoms with E-state index in [4.69, 9.17) is 0 Å². The highest BCUT2D eigenvalue weighted by molar-refractivity contribution is 7.89. The van der Waals surface area contributed by atoms with Crippen LogP contribution in [0.1, 0.15) is 38.2 Å². The predicted molar refractivity (Wildman–Crippen MR) is 121 cm³/mol. The van der Waals surface area contributed by atoms with Crippen LogP contribution < -0.4 is 5.32 Å². The number of hydrogen-bond acceptors (Lipinski definition) is 4. The molecule has 0 spiro atoms. The van der Waals surface area contributed by atoms with Crippen molar-refractivity contribution in [2.45, 2.75) is 50.5 Å². The molecule has 1 aliphatic heterocycles. The smallest absolute Gasteiger partial charge is 0.243 e. The first-order chi connectivity index (χ1) is 15.0. The second-order valence-corrected chi connectivity index (χ2v) is 9.82. The highest BCUT2D eigenvalue weighted by Crippen LogP contribution is 2.22. The second-order valence-electron chi connectivity index (χ2n) is 7.88. The maximum Gasteiger partial charge on any atom is 0.243 e. The summed E-state index contributed by atoms with van der Waals surface area (Å²) in [5.41, 5.74) is 2.80. The van der Waals surface area contributed by atoms with Gasteiger partial charge in [0.15, 0.2) is 0 Å². The van der Waals surface area contributed by atoms with Gasteiger partial charge in [-0.1, -0.05) is 31.2 Å². The molecular weight excluding hydrogens is 412 g/mol. The molecule has 2 heterocycles. The summed E-state index contributed by atoms with van der Waals surface area (Å²) >= 11 is 0. The Balaban J connectivity index is 1.39. The van der Waals surface area contributed by atoms with Crippen LogP contribution in [0, 0.1) is 0 Å². The molecule has 1 aliphatic rings. The van der Waals surface area contributed by atoms with Crippen LogP contribution >= 0.6 is 0 Å². The predicted octanol–water partition coefficient (Wildman–Crippen LogP) is 3.80. The zero-order valence-electron chi connectivity index (χ0n) is 17.8. The molecule has 4 rings (SSSR count). The molecule has 0 aliphatic carbocycles. The summed E-state index contributed by atoms with van der Waals surface area (Å²) in [7, 11) is -3.41. The van der Waals surface area contributed by atoms with E-state index in [1.54, 1.807) is 24.3 Å². The molecule has 1 saturated heterocycles. The fourth-order valence-electron chi connectivity index (χ4n) is 3.97. The quantitative estimate of drug-likeness (QED) is 0.577. The molecular formula is C23H28N4O3S. The van der Waals surface area contributed by atoms with Crippen molar-refractivity contribution in [2.24, 2.45) is 0 Å². The molecule has 31 heavy (non-hydrogen) atoms. The van der Waals surface area contributed by atoms with Crippen LogP contribution in [0.15, 0.2) is 53.4 Å². The lowest BCUT2D eigenvalue weighted by atomic mass is 10.1. The van der Waals surface area contributed by atoms with Gasteiger partial charge in [-0.05, 0) is 55.5 Å². The van der Waals surface area contributed by atoms with Crippen molar-refractivity contribution in [3.05, 3.63) is 54.1 Å². The van der Waals surface area contributed by atoms with Crippen LogP contribution in [0.3, 0.4) is 0 Å². The first-order valence-electron chi connectivity index (χ1n) is 10.8. The van der Waals surface area contributed by atoms with Crippen molar-refractivity contribution in [3.63, 3.8) is 0 Å². The summed E-state index contributed by atoms with van der Waals surface area (Å²) < 4.78 is 28.8. The fourth-order valence-corrected chi connectivity index (χ4v) is 5.49. The topological polar surface area (TPSA) is 84.3 Å². The monoisotopic (exact) mass is 440 g/mol. The molecule has 0 radical (unpaired) electrons. The van der Waals surface area contributed by atoms with Gasteiger partial charge >= 0.3 is 0 Å². The highest BCUT2D eigenvalue weighted by Gasteiger charge is 2.26. The number of imidazole rings is 1. The van der Waals surface area contributed by atoms with Gasteiger partial charge in [-0.15, -0.1) is 0 Å². The van der Waals surface area contributed by atoms with Crippen LogP contribution in [0.5, 0.6) is 0 Å². The van der Waals surface area contributed by atoms with E-state index in [-0.39, 0.29) is 5.91 Å².